The fourth-order valence-electron chi connectivity index (χ4n) is 2.95. The van der Waals surface area contributed by atoms with E-state index in [1.165, 1.54) is 18.5 Å². The van der Waals surface area contributed by atoms with E-state index in [2.05, 4.69) is 43.8 Å². The molecule has 0 spiro atoms. The van der Waals surface area contributed by atoms with Gasteiger partial charge in [0.2, 0.25) is 0 Å². The monoisotopic (exact) mass is 299 g/mol. The smallest absolute Gasteiger partial charge is 0.399 e. The second-order valence-electron chi connectivity index (χ2n) is 7.51. The number of nitrogens with zero attached hydrogens (tertiary/aromatic N) is 3. The minimum atomic E-state index is -0.367. The van der Waals surface area contributed by atoms with Crippen LogP contribution in [0.2, 0.25) is 0 Å². The zero-order valence-electron chi connectivity index (χ0n) is 13.9. The molecule has 6 heteroatoms. The molecule has 0 amide bonds. The van der Waals surface area contributed by atoms with E-state index in [0.29, 0.717) is 5.92 Å². The van der Waals surface area contributed by atoms with Crippen LogP contribution in [0.1, 0.15) is 52.1 Å². The summed E-state index contributed by atoms with van der Waals surface area (Å²) in [7, 11) is 1.59. The van der Waals surface area contributed by atoms with Crippen molar-refractivity contribution in [3.8, 4) is 0 Å². The number of aryl methyl sites for hydroxylation is 1. The number of hydrogen-bond donors (Lipinski definition) is 0. The molecule has 0 atom stereocenters. The van der Waals surface area contributed by atoms with Crippen molar-refractivity contribution < 1.29 is 9.31 Å². The third-order valence-corrected chi connectivity index (χ3v) is 5.22. The normalized spacial score (nSPS) is 23.4. The number of aromatic nitrogens is 3. The van der Waals surface area contributed by atoms with Crippen LogP contribution in [0.15, 0.2) is 12.3 Å². The second-order valence-corrected chi connectivity index (χ2v) is 7.51. The van der Waals surface area contributed by atoms with Crippen LogP contribution in [0.3, 0.4) is 0 Å². The maximum atomic E-state index is 6.13. The Balaban J connectivity index is 1.76. The van der Waals surface area contributed by atoms with Crippen molar-refractivity contribution in [2.24, 2.45) is 7.05 Å². The highest BCUT2D eigenvalue weighted by Gasteiger charge is 2.52. The lowest BCUT2D eigenvalue weighted by atomic mass is 9.80. The van der Waals surface area contributed by atoms with Crippen molar-refractivity contribution in [3.05, 3.63) is 18.0 Å². The van der Waals surface area contributed by atoms with Gasteiger partial charge in [-0.2, -0.15) is 5.10 Å². The number of hydrogen-bond acceptors (Lipinski definition) is 4. The van der Waals surface area contributed by atoms with Crippen LogP contribution in [0.5, 0.6) is 0 Å². The Hall–Kier alpha value is -1.40. The highest BCUT2D eigenvalue weighted by atomic mass is 16.7. The average Bonchev–Trinajstić information content (AvgIpc) is 3.18. The molecule has 4 rings (SSSR count). The number of pyridine rings is 1. The fourth-order valence-corrected chi connectivity index (χ4v) is 2.95. The molecule has 1 aliphatic heterocycles. The summed E-state index contributed by atoms with van der Waals surface area (Å²) in [4.78, 5) is 4.59. The van der Waals surface area contributed by atoms with Crippen LogP contribution in [0.25, 0.3) is 11.0 Å². The molecular formula is C16H22BN3O2. The van der Waals surface area contributed by atoms with Gasteiger partial charge in [-0.05, 0) is 46.6 Å². The van der Waals surface area contributed by atoms with E-state index in [0.717, 1.165) is 16.5 Å². The van der Waals surface area contributed by atoms with Crippen molar-refractivity contribution in [3.63, 3.8) is 0 Å². The minimum Gasteiger partial charge on any atom is -0.399 e. The topological polar surface area (TPSA) is 49.2 Å². The fraction of sp³-hybridized carbons (Fsp3) is 0.625. The van der Waals surface area contributed by atoms with Crippen LogP contribution in [-0.2, 0) is 16.4 Å². The van der Waals surface area contributed by atoms with E-state index in [1.807, 2.05) is 17.9 Å². The Labute approximate surface area is 131 Å². The molecule has 2 aromatic rings. The van der Waals surface area contributed by atoms with Crippen LogP contribution in [-0.4, -0.2) is 33.1 Å². The van der Waals surface area contributed by atoms with E-state index in [9.17, 15) is 0 Å². The lowest BCUT2D eigenvalue weighted by Crippen LogP contribution is -2.41. The molecule has 1 saturated heterocycles. The highest BCUT2D eigenvalue weighted by Crippen LogP contribution is 2.42. The predicted octanol–water partition coefficient (Wildman–Crippen LogP) is 2.14. The van der Waals surface area contributed by atoms with Crippen molar-refractivity contribution >= 4 is 23.6 Å². The van der Waals surface area contributed by atoms with Crippen molar-refractivity contribution in [1.82, 2.24) is 14.8 Å². The van der Waals surface area contributed by atoms with Crippen LogP contribution >= 0.6 is 0 Å². The van der Waals surface area contributed by atoms with Gasteiger partial charge in [-0.3, -0.25) is 4.68 Å². The summed E-state index contributed by atoms with van der Waals surface area (Å²) in [5.74, 6) is 0.596. The second kappa shape index (κ2) is 4.33. The largest absolute Gasteiger partial charge is 0.496 e. The number of fused-ring (bicyclic) bond motifs is 1. The Bertz CT molecular complexity index is 733. The molecule has 3 heterocycles. The molecule has 0 N–H and O–H groups in total. The van der Waals surface area contributed by atoms with Gasteiger partial charge in [-0.15, -0.1) is 0 Å². The third kappa shape index (κ3) is 2.01. The van der Waals surface area contributed by atoms with Crippen molar-refractivity contribution in [2.75, 3.05) is 0 Å². The van der Waals surface area contributed by atoms with Crippen LogP contribution < -0.4 is 5.46 Å². The molecule has 22 heavy (non-hydrogen) atoms. The summed E-state index contributed by atoms with van der Waals surface area (Å²) < 4.78 is 14.1. The summed E-state index contributed by atoms with van der Waals surface area (Å²) in [6.45, 7) is 8.27. The molecule has 0 aromatic carbocycles. The molecule has 2 fully saturated rings. The van der Waals surface area contributed by atoms with Crippen LogP contribution in [0.4, 0.5) is 0 Å². The summed E-state index contributed by atoms with van der Waals surface area (Å²) in [5, 5.41) is 5.79. The first-order valence-electron chi connectivity index (χ1n) is 7.97. The third-order valence-electron chi connectivity index (χ3n) is 5.22. The van der Waals surface area contributed by atoms with E-state index >= 15 is 0 Å². The quantitative estimate of drug-likeness (QED) is 0.797. The van der Waals surface area contributed by atoms with Gasteiger partial charge in [0.05, 0.1) is 16.9 Å². The van der Waals surface area contributed by atoms with Gasteiger partial charge >= 0.3 is 7.12 Å². The molecular weight excluding hydrogens is 277 g/mol. The Morgan fingerprint density at radius 1 is 1.18 bits per heavy atom. The van der Waals surface area contributed by atoms with E-state index in [4.69, 9.17) is 9.31 Å². The lowest BCUT2D eigenvalue weighted by molar-refractivity contribution is 0.00578. The molecule has 0 unspecified atom stereocenters. The van der Waals surface area contributed by atoms with Crippen molar-refractivity contribution in [1.29, 1.82) is 0 Å². The summed E-state index contributed by atoms with van der Waals surface area (Å²) >= 11 is 0. The van der Waals surface area contributed by atoms with Gasteiger partial charge in [0.1, 0.15) is 0 Å². The summed E-state index contributed by atoms with van der Waals surface area (Å²) in [6, 6.07) is 2.14. The molecule has 2 aliphatic rings. The molecule has 2 aromatic heterocycles. The first kappa shape index (κ1) is 14.2. The maximum Gasteiger partial charge on any atom is 0.496 e. The van der Waals surface area contributed by atoms with Gasteiger partial charge in [0.15, 0.2) is 5.65 Å². The number of rotatable bonds is 2. The summed E-state index contributed by atoms with van der Waals surface area (Å²) in [6.07, 6.45) is 4.31. The minimum absolute atomic E-state index is 0.332. The summed E-state index contributed by atoms with van der Waals surface area (Å²) in [5.41, 5.74) is 2.41. The standard InChI is InChI=1S/C16H22BN3O2/c1-15(2)16(3,4)22-17(21-15)11-8-12-13(10-6-7-10)19-20(5)14(12)18-9-11/h8-10H,6-7H2,1-5H3. The molecule has 1 saturated carbocycles. The lowest BCUT2D eigenvalue weighted by Gasteiger charge is -2.32. The molecule has 0 bridgehead atoms. The molecule has 1 aliphatic carbocycles. The zero-order chi connectivity index (χ0) is 15.7. The highest BCUT2D eigenvalue weighted by molar-refractivity contribution is 6.62. The zero-order valence-corrected chi connectivity index (χ0v) is 13.9. The van der Waals surface area contributed by atoms with E-state index in [1.54, 1.807) is 0 Å². The average molecular weight is 299 g/mol. The van der Waals surface area contributed by atoms with Gasteiger partial charge in [-0.25, -0.2) is 4.98 Å². The first-order chi connectivity index (χ1) is 10.3. The van der Waals surface area contributed by atoms with Gasteiger partial charge in [0, 0.05) is 30.0 Å². The molecule has 5 nitrogen and oxygen atoms in total. The van der Waals surface area contributed by atoms with E-state index in [-0.39, 0.29) is 18.3 Å². The maximum absolute atomic E-state index is 6.13. The van der Waals surface area contributed by atoms with Crippen LogP contribution in [0, 0.1) is 0 Å². The van der Waals surface area contributed by atoms with Gasteiger partial charge in [0.25, 0.3) is 0 Å². The molecule has 116 valence electrons. The van der Waals surface area contributed by atoms with Gasteiger partial charge in [-0.1, -0.05) is 0 Å². The first-order valence-corrected chi connectivity index (χ1v) is 7.97. The SMILES string of the molecule is Cn1nc(C2CC2)c2cc(B3OC(C)(C)C(C)(C)O3)cnc21. The Morgan fingerprint density at radius 3 is 2.41 bits per heavy atom. The Kier molecular flexibility index (Phi) is 2.80. The van der Waals surface area contributed by atoms with Crippen molar-refractivity contribution in [2.45, 2.75) is 57.7 Å². The van der Waals surface area contributed by atoms with E-state index < -0.39 is 0 Å². The predicted molar refractivity (Wildman–Crippen MR) is 86.2 cm³/mol. The molecule has 0 radical (unpaired) electrons. The Morgan fingerprint density at radius 2 is 1.82 bits per heavy atom. The van der Waals surface area contributed by atoms with Gasteiger partial charge < -0.3 is 9.31 Å².